The zero-order valence-electron chi connectivity index (χ0n) is 15.5. The lowest BCUT2D eigenvalue weighted by molar-refractivity contribution is 0.262. The first-order valence-corrected chi connectivity index (χ1v) is 9.60. The summed E-state index contributed by atoms with van der Waals surface area (Å²) in [4.78, 5) is 16.5. The van der Waals surface area contributed by atoms with Gasteiger partial charge in [0.05, 0.1) is 12.8 Å². The van der Waals surface area contributed by atoms with E-state index in [1.807, 2.05) is 60.0 Å². The van der Waals surface area contributed by atoms with Gasteiger partial charge in [-0.05, 0) is 59.1 Å². The maximum absolute atomic E-state index is 12.5. The number of amides is 2. The molecule has 7 nitrogen and oxygen atoms in total. The summed E-state index contributed by atoms with van der Waals surface area (Å²) in [7, 11) is 1.57. The number of nitrogens with zero attached hydrogens (tertiary/aromatic N) is 3. The normalized spacial score (nSPS) is 10.4. The second-order valence-electron chi connectivity index (χ2n) is 6.10. The van der Waals surface area contributed by atoms with Crippen LogP contribution in [0.1, 0.15) is 0 Å². The van der Waals surface area contributed by atoms with Crippen molar-refractivity contribution in [1.82, 2.24) is 14.6 Å². The van der Waals surface area contributed by atoms with Gasteiger partial charge in [0.15, 0.2) is 0 Å². The molecule has 2 amide bonds. The Balaban J connectivity index is 1.49. The molecule has 0 saturated carbocycles. The molecule has 0 unspecified atom stereocenters. The summed E-state index contributed by atoms with van der Waals surface area (Å²) in [6.45, 7) is 0. The molecule has 0 saturated heterocycles. The van der Waals surface area contributed by atoms with Gasteiger partial charge in [-0.15, -0.1) is 5.10 Å². The molecule has 2 heterocycles. The van der Waals surface area contributed by atoms with Crippen LogP contribution < -0.4 is 15.4 Å². The van der Waals surface area contributed by atoms with E-state index in [1.54, 1.807) is 19.5 Å². The molecule has 0 aliphatic heterocycles. The van der Waals surface area contributed by atoms with Gasteiger partial charge < -0.3 is 15.4 Å². The summed E-state index contributed by atoms with van der Waals surface area (Å²) in [6, 6.07) is 16.5. The SMILES string of the molecule is COc1ccc(-c2ccncc2)cc1NC(=O)Nc1ccc(-c2csnn2)cc1. The minimum atomic E-state index is -0.363. The third kappa shape index (κ3) is 4.39. The van der Waals surface area contributed by atoms with Crippen molar-refractivity contribution in [3.05, 3.63) is 72.4 Å². The molecular formula is C21H17N5O2S. The van der Waals surface area contributed by atoms with Crippen molar-refractivity contribution in [3.8, 4) is 28.1 Å². The lowest BCUT2D eigenvalue weighted by Gasteiger charge is -2.13. The van der Waals surface area contributed by atoms with Crippen LogP contribution in [0.2, 0.25) is 0 Å². The largest absolute Gasteiger partial charge is 0.495 e. The molecule has 2 aromatic carbocycles. The third-order valence-corrected chi connectivity index (χ3v) is 4.76. The predicted octanol–water partition coefficient (Wildman–Crippen LogP) is 4.92. The van der Waals surface area contributed by atoms with Crippen molar-refractivity contribution >= 4 is 28.9 Å². The van der Waals surface area contributed by atoms with Gasteiger partial charge in [0, 0.05) is 29.0 Å². The number of urea groups is 1. The number of carbonyl (C=O) groups is 1. The minimum Gasteiger partial charge on any atom is -0.495 e. The van der Waals surface area contributed by atoms with E-state index >= 15 is 0 Å². The molecule has 29 heavy (non-hydrogen) atoms. The predicted molar refractivity (Wildman–Crippen MR) is 114 cm³/mol. The standard InChI is InChI=1S/C21H17N5O2S/c1-28-20-7-4-16(14-8-10-22-11-9-14)12-18(20)24-21(27)23-17-5-2-15(3-6-17)19-13-29-26-25-19/h2-13H,1H3,(H2,23,24,27). The second-order valence-corrected chi connectivity index (χ2v) is 6.71. The van der Waals surface area contributed by atoms with Crippen molar-refractivity contribution in [2.24, 2.45) is 0 Å². The first-order chi connectivity index (χ1) is 14.2. The molecular weight excluding hydrogens is 386 g/mol. The Labute approximate surface area is 171 Å². The molecule has 0 spiro atoms. The summed E-state index contributed by atoms with van der Waals surface area (Å²) in [5, 5.41) is 11.6. The van der Waals surface area contributed by atoms with Gasteiger partial charge in [-0.2, -0.15) is 0 Å². The molecule has 4 rings (SSSR count). The van der Waals surface area contributed by atoms with Crippen LogP contribution in [0.15, 0.2) is 72.4 Å². The highest BCUT2D eigenvalue weighted by Crippen LogP contribution is 2.30. The molecule has 0 aliphatic rings. The summed E-state index contributed by atoms with van der Waals surface area (Å²) < 4.78 is 9.24. The fraction of sp³-hybridized carbons (Fsp3) is 0.0476. The van der Waals surface area contributed by atoms with Crippen molar-refractivity contribution in [1.29, 1.82) is 0 Å². The number of aromatic nitrogens is 3. The van der Waals surface area contributed by atoms with Gasteiger partial charge in [-0.1, -0.05) is 22.7 Å². The van der Waals surface area contributed by atoms with E-state index in [2.05, 4.69) is 25.2 Å². The van der Waals surface area contributed by atoms with E-state index in [9.17, 15) is 4.79 Å². The number of rotatable bonds is 5. The lowest BCUT2D eigenvalue weighted by atomic mass is 10.1. The Morgan fingerprint density at radius 3 is 2.38 bits per heavy atom. The average Bonchev–Trinajstić information content (AvgIpc) is 3.30. The maximum atomic E-state index is 12.5. The molecule has 0 aliphatic carbocycles. The van der Waals surface area contributed by atoms with Crippen LogP contribution in [0.3, 0.4) is 0 Å². The van der Waals surface area contributed by atoms with Crippen LogP contribution in [0.25, 0.3) is 22.4 Å². The molecule has 0 fully saturated rings. The second kappa shape index (κ2) is 8.49. The fourth-order valence-electron chi connectivity index (χ4n) is 2.83. The van der Waals surface area contributed by atoms with Crippen molar-refractivity contribution in [3.63, 3.8) is 0 Å². The number of nitrogens with one attached hydrogen (secondary N) is 2. The Morgan fingerprint density at radius 1 is 0.931 bits per heavy atom. The lowest BCUT2D eigenvalue weighted by Crippen LogP contribution is -2.19. The van der Waals surface area contributed by atoms with Crippen LogP contribution in [0.4, 0.5) is 16.2 Å². The number of ether oxygens (including phenoxy) is 1. The monoisotopic (exact) mass is 403 g/mol. The number of hydrogen-bond donors (Lipinski definition) is 2. The van der Waals surface area contributed by atoms with E-state index in [1.165, 1.54) is 11.5 Å². The van der Waals surface area contributed by atoms with Crippen LogP contribution >= 0.6 is 11.5 Å². The number of pyridine rings is 1. The van der Waals surface area contributed by atoms with Gasteiger partial charge in [-0.25, -0.2) is 4.79 Å². The quantitative estimate of drug-likeness (QED) is 0.494. The first-order valence-electron chi connectivity index (χ1n) is 8.77. The van der Waals surface area contributed by atoms with Crippen LogP contribution in [-0.4, -0.2) is 27.7 Å². The zero-order valence-corrected chi connectivity index (χ0v) is 16.3. The number of carbonyl (C=O) groups excluding carboxylic acids is 1. The van der Waals surface area contributed by atoms with Crippen LogP contribution in [-0.2, 0) is 0 Å². The zero-order chi connectivity index (χ0) is 20.1. The third-order valence-electron chi connectivity index (χ3n) is 4.26. The van der Waals surface area contributed by atoms with Crippen molar-refractivity contribution in [2.75, 3.05) is 17.7 Å². The Bertz CT molecular complexity index is 1100. The number of benzene rings is 2. The summed E-state index contributed by atoms with van der Waals surface area (Å²) in [5.41, 5.74) is 4.94. The molecule has 144 valence electrons. The average molecular weight is 403 g/mol. The highest BCUT2D eigenvalue weighted by Gasteiger charge is 2.10. The molecule has 0 bridgehead atoms. The number of anilines is 2. The Morgan fingerprint density at radius 2 is 1.69 bits per heavy atom. The molecule has 2 aromatic heterocycles. The summed E-state index contributed by atoms with van der Waals surface area (Å²) in [5.74, 6) is 0.573. The fourth-order valence-corrected chi connectivity index (χ4v) is 3.29. The first kappa shape index (κ1) is 18.6. The molecule has 0 atom stereocenters. The van der Waals surface area contributed by atoms with E-state index in [-0.39, 0.29) is 6.03 Å². The van der Waals surface area contributed by atoms with Crippen molar-refractivity contribution < 1.29 is 9.53 Å². The smallest absolute Gasteiger partial charge is 0.323 e. The Hall–Kier alpha value is -3.78. The van der Waals surface area contributed by atoms with Gasteiger partial charge in [0.1, 0.15) is 11.4 Å². The van der Waals surface area contributed by atoms with Crippen LogP contribution in [0.5, 0.6) is 5.75 Å². The molecule has 0 radical (unpaired) electrons. The van der Waals surface area contributed by atoms with E-state index in [0.29, 0.717) is 17.1 Å². The van der Waals surface area contributed by atoms with Crippen molar-refractivity contribution in [2.45, 2.75) is 0 Å². The topological polar surface area (TPSA) is 89.0 Å². The number of hydrogen-bond acceptors (Lipinski definition) is 6. The molecule has 8 heteroatoms. The Kier molecular flexibility index (Phi) is 5.44. The highest BCUT2D eigenvalue weighted by molar-refractivity contribution is 7.03. The summed E-state index contributed by atoms with van der Waals surface area (Å²) in [6.07, 6.45) is 3.45. The maximum Gasteiger partial charge on any atom is 0.323 e. The minimum absolute atomic E-state index is 0.363. The summed E-state index contributed by atoms with van der Waals surface area (Å²) >= 11 is 1.30. The van der Waals surface area contributed by atoms with E-state index in [0.717, 1.165) is 22.4 Å². The number of methoxy groups -OCH3 is 1. The van der Waals surface area contributed by atoms with Gasteiger partial charge in [-0.3, -0.25) is 4.98 Å². The van der Waals surface area contributed by atoms with Gasteiger partial charge in [0.25, 0.3) is 0 Å². The molecule has 2 N–H and O–H groups in total. The van der Waals surface area contributed by atoms with Crippen LogP contribution in [0, 0.1) is 0 Å². The van der Waals surface area contributed by atoms with Gasteiger partial charge in [0.2, 0.25) is 0 Å². The highest BCUT2D eigenvalue weighted by atomic mass is 32.1. The van der Waals surface area contributed by atoms with E-state index in [4.69, 9.17) is 4.74 Å². The molecule has 4 aromatic rings. The van der Waals surface area contributed by atoms with E-state index < -0.39 is 0 Å². The van der Waals surface area contributed by atoms with Gasteiger partial charge >= 0.3 is 6.03 Å².